The number of nitrogens with zero attached hydrogens (tertiary/aromatic N) is 5. The zero-order valence-electron chi connectivity index (χ0n) is 22.1. The SMILES string of the molecule is COc1cc(CCC(=O)N2Cc3ccccc3N(C(C)=O)CCC3CCC(C2)N3Cc2ccncc2)on1. The maximum Gasteiger partial charge on any atom is 0.254 e. The molecule has 2 atom stereocenters. The number of hydrogen-bond donors (Lipinski definition) is 0. The van der Waals surface area contributed by atoms with E-state index in [2.05, 4.69) is 27.2 Å². The molecule has 0 aliphatic carbocycles. The molecule has 0 spiro atoms. The summed E-state index contributed by atoms with van der Waals surface area (Å²) in [5.74, 6) is 1.10. The highest BCUT2D eigenvalue weighted by molar-refractivity contribution is 5.92. The molecule has 4 heterocycles. The number of benzene rings is 1. The van der Waals surface area contributed by atoms with Crippen LogP contribution in [0.4, 0.5) is 5.69 Å². The molecule has 1 aromatic carbocycles. The standard InChI is InChI=1S/C29H35N5O4/c1-21(35)33-16-13-24-7-8-25(34(24)18-22-11-14-30-15-12-22)20-32(19-23-5-3-4-6-27(23)33)29(36)10-9-26-17-28(37-2)31-38-26/h3-6,11-12,14-15,17,24-25H,7-10,13,16,18-20H2,1-2H3. The molecular formula is C29H35N5O4. The van der Waals surface area contributed by atoms with Gasteiger partial charge in [-0.25, -0.2) is 0 Å². The van der Waals surface area contributed by atoms with E-state index in [-0.39, 0.29) is 17.9 Å². The first kappa shape index (κ1) is 25.9. The molecule has 2 aliphatic heterocycles. The number of carbonyl (C=O) groups is 2. The van der Waals surface area contributed by atoms with Crippen LogP contribution in [0.2, 0.25) is 0 Å². The van der Waals surface area contributed by atoms with Gasteiger partial charge in [0.05, 0.1) is 7.11 Å². The third kappa shape index (κ3) is 5.88. The van der Waals surface area contributed by atoms with Crippen LogP contribution >= 0.6 is 0 Å². The van der Waals surface area contributed by atoms with E-state index in [1.54, 1.807) is 13.0 Å². The van der Waals surface area contributed by atoms with Gasteiger partial charge in [0.15, 0.2) is 0 Å². The van der Waals surface area contributed by atoms with E-state index in [1.165, 1.54) is 12.7 Å². The van der Waals surface area contributed by atoms with Gasteiger partial charge in [0, 0.05) is 82.2 Å². The van der Waals surface area contributed by atoms with Gasteiger partial charge < -0.3 is 19.1 Å². The lowest BCUT2D eigenvalue weighted by molar-refractivity contribution is -0.132. The molecule has 9 heteroatoms. The van der Waals surface area contributed by atoms with E-state index >= 15 is 0 Å². The Hall–Kier alpha value is -3.72. The van der Waals surface area contributed by atoms with Crippen molar-refractivity contribution in [3.8, 4) is 5.88 Å². The number of methoxy groups -OCH3 is 1. The third-order valence-corrected chi connectivity index (χ3v) is 7.71. The number of pyridine rings is 1. The van der Waals surface area contributed by atoms with Crippen molar-refractivity contribution in [3.05, 3.63) is 71.7 Å². The van der Waals surface area contributed by atoms with Gasteiger partial charge in [-0.1, -0.05) is 18.2 Å². The Labute approximate surface area is 223 Å². The summed E-state index contributed by atoms with van der Waals surface area (Å²) in [5.41, 5.74) is 3.07. The summed E-state index contributed by atoms with van der Waals surface area (Å²) in [5, 5.41) is 3.85. The van der Waals surface area contributed by atoms with Crippen LogP contribution in [0.25, 0.3) is 0 Å². The molecule has 3 aromatic rings. The van der Waals surface area contributed by atoms with Crippen LogP contribution in [0.15, 0.2) is 59.4 Å². The van der Waals surface area contributed by atoms with Crippen molar-refractivity contribution in [3.63, 3.8) is 0 Å². The minimum atomic E-state index is 0.0177. The minimum absolute atomic E-state index is 0.0177. The fraction of sp³-hybridized carbons (Fsp3) is 0.448. The summed E-state index contributed by atoms with van der Waals surface area (Å²) in [6.45, 7) is 4.15. The monoisotopic (exact) mass is 517 g/mol. The number of aryl methyl sites for hydroxylation is 1. The van der Waals surface area contributed by atoms with E-state index in [4.69, 9.17) is 9.26 Å². The predicted molar refractivity (Wildman–Crippen MR) is 142 cm³/mol. The van der Waals surface area contributed by atoms with Gasteiger partial charge in [-0.2, -0.15) is 0 Å². The molecule has 2 amide bonds. The lowest BCUT2D eigenvalue weighted by Crippen LogP contribution is -2.45. The number of ether oxygens (including phenoxy) is 1. The Kier molecular flexibility index (Phi) is 8.03. The van der Waals surface area contributed by atoms with Gasteiger partial charge in [0.25, 0.3) is 5.88 Å². The zero-order chi connectivity index (χ0) is 26.5. The molecule has 1 saturated heterocycles. The summed E-state index contributed by atoms with van der Waals surface area (Å²) in [4.78, 5) is 37.0. The number of fused-ring (bicyclic) bond motifs is 3. The fourth-order valence-corrected chi connectivity index (χ4v) is 5.72. The first-order valence-electron chi connectivity index (χ1n) is 13.3. The highest BCUT2D eigenvalue weighted by atomic mass is 16.5. The Morgan fingerprint density at radius 2 is 1.87 bits per heavy atom. The maximum absolute atomic E-state index is 13.7. The van der Waals surface area contributed by atoms with Gasteiger partial charge in [0.1, 0.15) is 5.76 Å². The van der Waals surface area contributed by atoms with Gasteiger partial charge in [-0.15, -0.1) is 0 Å². The van der Waals surface area contributed by atoms with Crippen molar-refractivity contribution in [1.29, 1.82) is 0 Å². The van der Waals surface area contributed by atoms with Crippen LogP contribution in [0, 0.1) is 0 Å². The molecular weight excluding hydrogens is 482 g/mol. The Bertz CT molecular complexity index is 1250. The topological polar surface area (TPSA) is 92.0 Å². The highest BCUT2D eigenvalue weighted by Crippen LogP contribution is 2.32. The van der Waals surface area contributed by atoms with Crippen molar-refractivity contribution >= 4 is 17.5 Å². The van der Waals surface area contributed by atoms with Gasteiger partial charge >= 0.3 is 0 Å². The highest BCUT2D eigenvalue weighted by Gasteiger charge is 2.36. The molecule has 9 nitrogen and oxygen atoms in total. The van der Waals surface area contributed by atoms with Crippen molar-refractivity contribution in [2.75, 3.05) is 25.1 Å². The molecule has 1 fully saturated rings. The second kappa shape index (κ2) is 11.8. The summed E-state index contributed by atoms with van der Waals surface area (Å²) in [7, 11) is 1.54. The normalized spacial score (nSPS) is 20.1. The van der Waals surface area contributed by atoms with Crippen molar-refractivity contribution in [2.45, 2.75) is 64.2 Å². The maximum atomic E-state index is 13.7. The quantitative estimate of drug-likeness (QED) is 0.491. The molecule has 2 unspecified atom stereocenters. The average molecular weight is 518 g/mol. The molecule has 2 aliphatic rings. The second-order valence-electron chi connectivity index (χ2n) is 10.1. The zero-order valence-corrected chi connectivity index (χ0v) is 22.1. The van der Waals surface area contributed by atoms with E-state index in [0.717, 1.165) is 37.1 Å². The molecule has 2 bridgehead atoms. The average Bonchev–Trinajstić information content (AvgIpc) is 3.54. The Morgan fingerprint density at radius 3 is 2.63 bits per heavy atom. The van der Waals surface area contributed by atoms with Crippen molar-refractivity contribution < 1.29 is 18.8 Å². The van der Waals surface area contributed by atoms with E-state index in [0.29, 0.717) is 50.2 Å². The number of rotatable bonds is 6. The second-order valence-corrected chi connectivity index (χ2v) is 10.1. The first-order valence-corrected chi connectivity index (χ1v) is 13.3. The van der Waals surface area contributed by atoms with Crippen molar-refractivity contribution in [2.24, 2.45) is 0 Å². The van der Waals surface area contributed by atoms with Crippen molar-refractivity contribution in [1.82, 2.24) is 19.9 Å². The van der Waals surface area contributed by atoms with E-state index in [9.17, 15) is 9.59 Å². The largest absolute Gasteiger partial charge is 0.479 e. The number of carbonyl (C=O) groups excluding carboxylic acids is 2. The summed E-state index contributed by atoms with van der Waals surface area (Å²) in [6.07, 6.45) is 7.34. The van der Waals surface area contributed by atoms with E-state index < -0.39 is 0 Å². The first-order chi connectivity index (χ1) is 18.5. The molecule has 0 N–H and O–H groups in total. The smallest absolute Gasteiger partial charge is 0.254 e. The lowest BCUT2D eigenvalue weighted by atomic mass is 10.1. The molecule has 38 heavy (non-hydrogen) atoms. The van der Waals surface area contributed by atoms with Crippen LogP contribution in [0.1, 0.15) is 49.5 Å². The third-order valence-electron chi connectivity index (χ3n) is 7.71. The lowest BCUT2D eigenvalue weighted by Gasteiger charge is -2.34. The van der Waals surface area contributed by atoms with Crippen LogP contribution in [-0.2, 0) is 29.1 Å². The molecule has 2 aromatic heterocycles. The van der Waals surface area contributed by atoms with Crippen LogP contribution < -0.4 is 9.64 Å². The van der Waals surface area contributed by atoms with Crippen LogP contribution in [0.3, 0.4) is 0 Å². The fourth-order valence-electron chi connectivity index (χ4n) is 5.72. The Balaban J connectivity index is 1.44. The Morgan fingerprint density at radius 1 is 1.08 bits per heavy atom. The summed E-state index contributed by atoms with van der Waals surface area (Å²) < 4.78 is 10.4. The molecule has 5 rings (SSSR count). The van der Waals surface area contributed by atoms with Gasteiger partial charge in [-0.3, -0.25) is 19.5 Å². The summed E-state index contributed by atoms with van der Waals surface area (Å²) in [6, 6.07) is 14.3. The van der Waals surface area contributed by atoms with E-state index in [1.807, 2.05) is 46.5 Å². The summed E-state index contributed by atoms with van der Waals surface area (Å²) >= 11 is 0. The van der Waals surface area contributed by atoms with Gasteiger partial charge in [-0.05, 0) is 53.7 Å². The minimum Gasteiger partial charge on any atom is -0.479 e. The number of para-hydroxylation sites is 1. The number of aromatic nitrogens is 2. The number of hydrogen-bond acceptors (Lipinski definition) is 7. The van der Waals surface area contributed by atoms with Gasteiger partial charge in [0.2, 0.25) is 11.8 Å². The molecule has 0 radical (unpaired) electrons. The van der Waals surface area contributed by atoms with Crippen LogP contribution in [0.5, 0.6) is 5.88 Å². The molecule has 0 saturated carbocycles. The number of amides is 2. The van der Waals surface area contributed by atoms with Crippen LogP contribution in [-0.4, -0.2) is 64.0 Å². The number of anilines is 1. The molecule has 200 valence electrons. The predicted octanol–water partition coefficient (Wildman–Crippen LogP) is 3.83.